The Balaban J connectivity index is 1.61. The molecule has 1 saturated carbocycles. The Morgan fingerprint density at radius 2 is 1.83 bits per heavy atom. The molecule has 1 aliphatic heterocycles. The van der Waals surface area contributed by atoms with E-state index in [1.165, 1.54) is 0 Å². The van der Waals surface area contributed by atoms with Gasteiger partial charge in [-0.3, -0.25) is 9.59 Å². The number of ether oxygens (including phenoxy) is 1. The van der Waals surface area contributed by atoms with E-state index in [1.54, 1.807) is 31.4 Å². The van der Waals surface area contributed by atoms with Crippen LogP contribution in [-0.2, 0) is 14.4 Å². The number of carbonyl (C=O) groups excluding carboxylic acids is 3. The van der Waals surface area contributed by atoms with Crippen LogP contribution < -0.4 is 0 Å². The third kappa shape index (κ3) is 3.12. The van der Waals surface area contributed by atoms with E-state index in [2.05, 4.69) is 0 Å². The summed E-state index contributed by atoms with van der Waals surface area (Å²) in [6.07, 6.45) is 4.09. The van der Waals surface area contributed by atoms with Crippen molar-refractivity contribution in [2.24, 2.45) is 5.92 Å². The number of nitrogens with zero attached hydrogens (tertiary/aromatic N) is 1. The van der Waals surface area contributed by atoms with Crippen molar-refractivity contribution in [2.75, 3.05) is 7.11 Å². The first-order valence-corrected chi connectivity index (χ1v) is 7.81. The molecule has 1 aromatic carbocycles. The Morgan fingerprint density at radius 1 is 1.17 bits per heavy atom. The summed E-state index contributed by atoms with van der Waals surface area (Å²) < 4.78 is 5.34. The summed E-state index contributed by atoms with van der Waals surface area (Å²) in [5.74, 6) is -1.56. The van der Waals surface area contributed by atoms with Gasteiger partial charge >= 0.3 is 5.97 Å². The minimum Gasteiger partial charge on any atom is -0.381 e. The number of imide groups is 1. The highest BCUT2D eigenvalue weighted by atomic mass is 16.7. The molecule has 122 valence electrons. The van der Waals surface area contributed by atoms with E-state index in [1.807, 2.05) is 0 Å². The lowest BCUT2D eigenvalue weighted by atomic mass is 9.85. The Morgan fingerprint density at radius 3 is 2.43 bits per heavy atom. The molecule has 0 bridgehead atoms. The number of hydrogen-bond donors (Lipinski definition) is 0. The highest BCUT2D eigenvalue weighted by Crippen LogP contribution is 2.29. The molecule has 0 spiro atoms. The zero-order chi connectivity index (χ0) is 16.4. The second kappa shape index (κ2) is 6.50. The van der Waals surface area contributed by atoms with Gasteiger partial charge in [-0.1, -0.05) is 23.6 Å². The maximum absolute atomic E-state index is 12.1. The van der Waals surface area contributed by atoms with Crippen LogP contribution in [0.5, 0.6) is 0 Å². The van der Waals surface area contributed by atoms with E-state index in [4.69, 9.17) is 9.57 Å². The lowest BCUT2D eigenvalue weighted by molar-refractivity contribution is -0.170. The average molecular weight is 317 g/mol. The zero-order valence-electron chi connectivity index (χ0n) is 13.0. The van der Waals surface area contributed by atoms with E-state index < -0.39 is 17.8 Å². The van der Waals surface area contributed by atoms with Crippen molar-refractivity contribution in [1.82, 2.24) is 5.06 Å². The van der Waals surface area contributed by atoms with Crippen molar-refractivity contribution in [3.05, 3.63) is 35.4 Å². The Bertz CT molecular complexity index is 607. The molecule has 0 aromatic heterocycles. The third-order valence-corrected chi connectivity index (χ3v) is 4.47. The molecule has 23 heavy (non-hydrogen) atoms. The normalized spacial score (nSPS) is 23.8. The molecule has 1 fully saturated rings. The van der Waals surface area contributed by atoms with Crippen LogP contribution in [0.15, 0.2) is 24.3 Å². The summed E-state index contributed by atoms with van der Waals surface area (Å²) in [6, 6.07) is 6.44. The van der Waals surface area contributed by atoms with Crippen molar-refractivity contribution in [2.45, 2.75) is 38.2 Å². The standard InChI is InChI=1S/C17H19NO5/c1-22-12-6-4-5-11(9-12)10-15(19)23-18-16(20)13-7-2-3-8-14(13)17(18)21/h2-3,7-8,11-12H,4-6,9-10H2,1H3. The van der Waals surface area contributed by atoms with Crippen LogP contribution in [0.1, 0.15) is 52.8 Å². The molecule has 0 saturated heterocycles. The smallest absolute Gasteiger partial charge is 0.333 e. The van der Waals surface area contributed by atoms with Gasteiger partial charge in [0.15, 0.2) is 0 Å². The second-order valence-corrected chi connectivity index (χ2v) is 6.01. The van der Waals surface area contributed by atoms with Crippen LogP contribution in [0.4, 0.5) is 0 Å². The number of rotatable bonds is 4. The van der Waals surface area contributed by atoms with Gasteiger partial charge in [0.1, 0.15) is 0 Å². The first-order valence-electron chi connectivity index (χ1n) is 7.81. The molecule has 3 rings (SSSR count). The number of amides is 2. The molecule has 2 aliphatic rings. The van der Waals surface area contributed by atoms with Gasteiger partial charge in [0.2, 0.25) is 0 Å². The van der Waals surface area contributed by atoms with E-state index in [0.29, 0.717) is 5.06 Å². The maximum Gasteiger partial charge on any atom is 0.333 e. The fraction of sp³-hybridized carbons (Fsp3) is 0.471. The van der Waals surface area contributed by atoms with Gasteiger partial charge in [0.25, 0.3) is 11.8 Å². The van der Waals surface area contributed by atoms with E-state index in [0.717, 1.165) is 25.7 Å². The highest BCUT2D eigenvalue weighted by molar-refractivity contribution is 6.20. The van der Waals surface area contributed by atoms with Crippen molar-refractivity contribution >= 4 is 17.8 Å². The van der Waals surface area contributed by atoms with Crippen molar-refractivity contribution < 1.29 is 24.0 Å². The molecule has 1 aromatic rings. The van der Waals surface area contributed by atoms with E-state index >= 15 is 0 Å². The molecular weight excluding hydrogens is 298 g/mol. The highest BCUT2D eigenvalue weighted by Gasteiger charge is 2.39. The molecule has 2 unspecified atom stereocenters. The molecule has 2 amide bonds. The Labute approximate surface area is 134 Å². The summed E-state index contributed by atoms with van der Waals surface area (Å²) in [7, 11) is 1.67. The van der Waals surface area contributed by atoms with Gasteiger partial charge in [0, 0.05) is 7.11 Å². The number of hydroxylamine groups is 2. The van der Waals surface area contributed by atoms with Gasteiger partial charge in [-0.15, -0.1) is 0 Å². The van der Waals surface area contributed by atoms with Gasteiger partial charge in [-0.05, 0) is 37.3 Å². The van der Waals surface area contributed by atoms with Crippen LogP contribution in [0.2, 0.25) is 0 Å². The SMILES string of the molecule is COC1CCCC(CC(=O)ON2C(=O)c3ccccc3C2=O)C1. The topological polar surface area (TPSA) is 72.9 Å². The lowest BCUT2D eigenvalue weighted by Crippen LogP contribution is -2.34. The summed E-state index contributed by atoms with van der Waals surface area (Å²) in [4.78, 5) is 41.4. The summed E-state index contributed by atoms with van der Waals surface area (Å²) in [6.45, 7) is 0. The Hall–Kier alpha value is -2.21. The summed E-state index contributed by atoms with van der Waals surface area (Å²) >= 11 is 0. The molecule has 0 N–H and O–H groups in total. The molecule has 6 nitrogen and oxygen atoms in total. The van der Waals surface area contributed by atoms with Crippen molar-refractivity contribution in [3.8, 4) is 0 Å². The van der Waals surface area contributed by atoms with E-state index in [9.17, 15) is 14.4 Å². The minimum absolute atomic E-state index is 0.163. The largest absolute Gasteiger partial charge is 0.381 e. The number of benzene rings is 1. The van der Waals surface area contributed by atoms with Crippen LogP contribution in [0, 0.1) is 5.92 Å². The Kier molecular flexibility index (Phi) is 4.43. The third-order valence-electron chi connectivity index (χ3n) is 4.47. The minimum atomic E-state index is -0.586. The van der Waals surface area contributed by atoms with Crippen LogP contribution in [0.25, 0.3) is 0 Å². The van der Waals surface area contributed by atoms with Crippen molar-refractivity contribution in [3.63, 3.8) is 0 Å². The molecular formula is C17H19NO5. The molecule has 2 atom stereocenters. The molecule has 1 aliphatic carbocycles. The van der Waals surface area contributed by atoms with Gasteiger partial charge in [0.05, 0.1) is 23.7 Å². The van der Waals surface area contributed by atoms with Crippen LogP contribution in [-0.4, -0.2) is 36.1 Å². The predicted octanol–water partition coefficient (Wildman–Crippen LogP) is 2.34. The number of carbonyl (C=O) groups is 3. The van der Waals surface area contributed by atoms with Gasteiger partial charge in [-0.2, -0.15) is 0 Å². The lowest BCUT2D eigenvalue weighted by Gasteiger charge is -2.27. The quantitative estimate of drug-likeness (QED) is 0.797. The second-order valence-electron chi connectivity index (χ2n) is 6.01. The van der Waals surface area contributed by atoms with E-state index in [-0.39, 0.29) is 29.6 Å². The molecule has 6 heteroatoms. The number of hydrogen-bond acceptors (Lipinski definition) is 5. The average Bonchev–Trinajstić information content (AvgIpc) is 2.80. The fourth-order valence-corrected chi connectivity index (χ4v) is 3.27. The van der Waals surface area contributed by atoms with Crippen LogP contribution in [0.3, 0.4) is 0 Å². The summed E-state index contributed by atoms with van der Waals surface area (Å²) in [5, 5.41) is 0.573. The maximum atomic E-state index is 12.1. The summed E-state index contributed by atoms with van der Waals surface area (Å²) in [5.41, 5.74) is 0.532. The monoisotopic (exact) mass is 317 g/mol. The van der Waals surface area contributed by atoms with Crippen LogP contribution >= 0.6 is 0 Å². The number of fused-ring (bicyclic) bond motifs is 1. The number of methoxy groups -OCH3 is 1. The predicted molar refractivity (Wildman–Crippen MR) is 80.4 cm³/mol. The molecule has 0 radical (unpaired) electrons. The molecule has 1 heterocycles. The van der Waals surface area contributed by atoms with Gasteiger partial charge in [-0.25, -0.2) is 4.79 Å². The zero-order valence-corrected chi connectivity index (χ0v) is 13.0. The van der Waals surface area contributed by atoms with Gasteiger partial charge < -0.3 is 9.57 Å². The first-order chi connectivity index (χ1) is 11.1. The first kappa shape index (κ1) is 15.7. The fourth-order valence-electron chi connectivity index (χ4n) is 3.27. The van der Waals surface area contributed by atoms with Crippen molar-refractivity contribution in [1.29, 1.82) is 0 Å².